The number of benzene rings is 3. The highest BCUT2D eigenvalue weighted by Crippen LogP contribution is 2.31. The molecule has 4 aromatic rings. The number of nitrogens with zero attached hydrogens (tertiary/aromatic N) is 2. The minimum atomic E-state index is -4.40. The Morgan fingerprint density at radius 3 is 2.26 bits per heavy atom. The van der Waals surface area contributed by atoms with Crippen molar-refractivity contribution in [1.29, 1.82) is 5.26 Å². The fourth-order valence-electron chi connectivity index (χ4n) is 3.66. The normalized spacial score (nSPS) is 12.0. The monoisotopic (exact) mass is 480 g/mol. The lowest BCUT2D eigenvalue weighted by Crippen LogP contribution is -2.05. The SMILES string of the molecule is N#C/C(=C\c1cn(Cc2ccc(C(F)(F)F)cc2)c2cc(Cl)ccc12)c1ccc(C(=O)O)cc1. The molecule has 1 heterocycles. The highest BCUT2D eigenvalue weighted by Gasteiger charge is 2.29. The van der Waals surface area contributed by atoms with Gasteiger partial charge in [-0.3, -0.25) is 0 Å². The zero-order valence-corrected chi connectivity index (χ0v) is 18.2. The molecular formula is C26H16ClF3N2O2. The first-order valence-electron chi connectivity index (χ1n) is 10.1. The van der Waals surface area contributed by atoms with Crippen LogP contribution >= 0.6 is 11.6 Å². The summed E-state index contributed by atoms with van der Waals surface area (Å²) in [6.07, 6.45) is -0.905. The third-order valence-electron chi connectivity index (χ3n) is 5.37. The molecule has 0 bridgehead atoms. The fourth-order valence-corrected chi connectivity index (χ4v) is 3.83. The maximum absolute atomic E-state index is 12.9. The molecule has 0 atom stereocenters. The Balaban J connectivity index is 1.74. The average molecular weight is 481 g/mol. The molecule has 0 aliphatic carbocycles. The first-order chi connectivity index (χ1) is 16.2. The Labute approximate surface area is 197 Å². The lowest BCUT2D eigenvalue weighted by atomic mass is 10.0. The molecule has 0 saturated heterocycles. The van der Waals surface area contributed by atoms with Crippen molar-refractivity contribution in [2.45, 2.75) is 12.7 Å². The summed E-state index contributed by atoms with van der Waals surface area (Å²) in [5, 5.41) is 20.1. The number of nitriles is 1. The number of halogens is 4. The minimum absolute atomic E-state index is 0.115. The van der Waals surface area contributed by atoms with Crippen LogP contribution in [0.3, 0.4) is 0 Å². The molecule has 0 saturated carbocycles. The summed E-state index contributed by atoms with van der Waals surface area (Å²) in [4.78, 5) is 11.1. The number of hydrogen-bond donors (Lipinski definition) is 1. The van der Waals surface area contributed by atoms with Crippen LogP contribution in [0.2, 0.25) is 5.02 Å². The molecule has 170 valence electrons. The summed E-state index contributed by atoms with van der Waals surface area (Å²) in [6.45, 7) is 0.304. The lowest BCUT2D eigenvalue weighted by Gasteiger charge is -2.09. The van der Waals surface area contributed by atoms with Crippen LogP contribution in [-0.2, 0) is 12.7 Å². The van der Waals surface area contributed by atoms with Crippen LogP contribution in [-0.4, -0.2) is 15.6 Å². The van der Waals surface area contributed by atoms with Crippen LogP contribution in [0.5, 0.6) is 0 Å². The number of carbonyl (C=O) groups is 1. The van der Waals surface area contributed by atoms with Crippen LogP contribution in [0.15, 0.2) is 72.9 Å². The zero-order valence-electron chi connectivity index (χ0n) is 17.5. The number of aromatic nitrogens is 1. The molecule has 1 N–H and O–H groups in total. The number of allylic oxidation sites excluding steroid dienone is 1. The van der Waals surface area contributed by atoms with E-state index in [9.17, 15) is 23.2 Å². The van der Waals surface area contributed by atoms with Crippen molar-refractivity contribution in [2.75, 3.05) is 0 Å². The van der Waals surface area contributed by atoms with Gasteiger partial charge in [0.1, 0.15) is 0 Å². The van der Waals surface area contributed by atoms with Crippen LogP contribution in [0, 0.1) is 11.3 Å². The predicted octanol–water partition coefficient (Wildman–Crippen LogP) is 7.12. The Hall–Kier alpha value is -4.02. The minimum Gasteiger partial charge on any atom is -0.478 e. The van der Waals surface area contributed by atoms with Crippen LogP contribution in [0.4, 0.5) is 13.2 Å². The Morgan fingerprint density at radius 2 is 1.68 bits per heavy atom. The summed E-state index contributed by atoms with van der Waals surface area (Å²) < 4.78 is 40.5. The maximum Gasteiger partial charge on any atom is 0.416 e. The van der Waals surface area contributed by atoms with Crippen molar-refractivity contribution in [3.05, 3.63) is 106 Å². The number of carboxylic acids is 1. The van der Waals surface area contributed by atoms with E-state index in [-0.39, 0.29) is 5.56 Å². The second-order valence-corrected chi connectivity index (χ2v) is 8.06. The van der Waals surface area contributed by atoms with Crippen LogP contribution in [0.25, 0.3) is 22.6 Å². The summed E-state index contributed by atoms with van der Waals surface area (Å²) in [5.41, 5.74) is 2.45. The summed E-state index contributed by atoms with van der Waals surface area (Å²) in [6, 6.07) is 18.4. The van der Waals surface area contributed by atoms with E-state index in [1.807, 2.05) is 16.8 Å². The number of hydrogen-bond acceptors (Lipinski definition) is 2. The third kappa shape index (κ3) is 4.82. The smallest absolute Gasteiger partial charge is 0.416 e. The van der Waals surface area contributed by atoms with E-state index in [0.29, 0.717) is 28.3 Å². The highest BCUT2D eigenvalue weighted by molar-refractivity contribution is 6.31. The van der Waals surface area contributed by atoms with E-state index >= 15 is 0 Å². The molecule has 0 radical (unpaired) electrons. The Bertz CT molecular complexity index is 1450. The van der Waals surface area contributed by atoms with Gasteiger partial charge in [0.25, 0.3) is 0 Å². The molecule has 3 aromatic carbocycles. The Kier molecular flexibility index (Phi) is 6.18. The van der Waals surface area contributed by atoms with E-state index in [1.54, 1.807) is 30.3 Å². The van der Waals surface area contributed by atoms with Gasteiger partial charge < -0.3 is 9.67 Å². The second-order valence-electron chi connectivity index (χ2n) is 7.62. The van der Waals surface area contributed by atoms with Gasteiger partial charge in [-0.25, -0.2) is 4.79 Å². The number of rotatable bonds is 5. The molecule has 34 heavy (non-hydrogen) atoms. The Morgan fingerprint density at radius 1 is 1.03 bits per heavy atom. The fraction of sp³-hybridized carbons (Fsp3) is 0.0769. The second kappa shape index (κ2) is 9.08. The van der Waals surface area contributed by atoms with E-state index in [2.05, 4.69) is 6.07 Å². The van der Waals surface area contributed by atoms with E-state index in [0.717, 1.165) is 28.6 Å². The first kappa shape index (κ1) is 23.1. The van der Waals surface area contributed by atoms with E-state index in [1.165, 1.54) is 24.3 Å². The zero-order chi connectivity index (χ0) is 24.5. The van der Waals surface area contributed by atoms with Gasteiger partial charge >= 0.3 is 12.1 Å². The molecule has 1 aromatic heterocycles. The number of fused-ring (bicyclic) bond motifs is 1. The van der Waals surface area contributed by atoms with Crippen molar-refractivity contribution in [1.82, 2.24) is 4.57 Å². The highest BCUT2D eigenvalue weighted by atomic mass is 35.5. The van der Waals surface area contributed by atoms with Gasteiger partial charge in [0.05, 0.1) is 28.3 Å². The molecule has 0 fully saturated rings. The van der Waals surface area contributed by atoms with Gasteiger partial charge in [0.2, 0.25) is 0 Å². The maximum atomic E-state index is 12.9. The summed E-state index contributed by atoms with van der Waals surface area (Å²) in [5.74, 6) is -1.06. The third-order valence-corrected chi connectivity index (χ3v) is 5.61. The van der Waals surface area contributed by atoms with Crippen molar-refractivity contribution < 1.29 is 23.1 Å². The molecule has 4 rings (SSSR count). The topological polar surface area (TPSA) is 66.0 Å². The van der Waals surface area contributed by atoms with Gasteiger partial charge in [-0.05, 0) is 53.6 Å². The first-order valence-corrected chi connectivity index (χ1v) is 10.4. The molecule has 0 amide bonds. The standard InChI is InChI=1S/C26H16ClF3N2O2/c27-22-9-10-23-20(11-19(13-31)17-3-5-18(6-4-17)25(33)34)15-32(24(23)12-22)14-16-1-7-21(8-2-16)26(28,29)30/h1-12,15H,14H2,(H,33,34)/b19-11+. The molecule has 0 spiro atoms. The largest absolute Gasteiger partial charge is 0.478 e. The predicted molar refractivity (Wildman–Crippen MR) is 124 cm³/mol. The molecule has 4 nitrogen and oxygen atoms in total. The van der Waals surface area contributed by atoms with Gasteiger partial charge in [-0.1, -0.05) is 41.9 Å². The van der Waals surface area contributed by atoms with Crippen LogP contribution < -0.4 is 0 Å². The molecule has 0 unspecified atom stereocenters. The van der Waals surface area contributed by atoms with E-state index in [4.69, 9.17) is 16.7 Å². The van der Waals surface area contributed by atoms with Gasteiger partial charge in [-0.2, -0.15) is 18.4 Å². The summed E-state index contributed by atoms with van der Waals surface area (Å²) in [7, 11) is 0. The molecular weight excluding hydrogens is 465 g/mol. The molecule has 0 aliphatic heterocycles. The molecule has 0 aliphatic rings. The van der Waals surface area contributed by atoms with Gasteiger partial charge in [-0.15, -0.1) is 0 Å². The van der Waals surface area contributed by atoms with Crippen molar-refractivity contribution in [3.8, 4) is 6.07 Å². The van der Waals surface area contributed by atoms with Gasteiger partial charge in [0, 0.05) is 28.7 Å². The quantitative estimate of drug-likeness (QED) is 0.309. The summed E-state index contributed by atoms with van der Waals surface area (Å²) >= 11 is 6.19. The van der Waals surface area contributed by atoms with Crippen molar-refractivity contribution in [3.63, 3.8) is 0 Å². The van der Waals surface area contributed by atoms with Crippen molar-refractivity contribution >= 4 is 40.1 Å². The van der Waals surface area contributed by atoms with Crippen LogP contribution in [0.1, 0.15) is 32.6 Å². The average Bonchev–Trinajstić information content (AvgIpc) is 3.13. The van der Waals surface area contributed by atoms with Gasteiger partial charge in [0.15, 0.2) is 0 Å². The number of alkyl halides is 3. The van der Waals surface area contributed by atoms with E-state index < -0.39 is 17.7 Å². The molecule has 8 heteroatoms. The number of carboxylic acid groups (broad SMARTS) is 1. The number of aromatic carboxylic acids is 1. The lowest BCUT2D eigenvalue weighted by molar-refractivity contribution is -0.137. The van der Waals surface area contributed by atoms with Crippen molar-refractivity contribution in [2.24, 2.45) is 0 Å².